The number of nitrogens with zero attached hydrogens (tertiary/aromatic N) is 1. The van der Waals surface area contributed by atoms with Crippen LogP contribution in [0.4, 0.5) is 5.69 Å². The summed E-state index contributed by atoms with van der Waals surface area (Å²) in [5.41, 5.74) is 3.29. The molecule has 1 heterocycles. The van der Waals surface area contributed by atoms with E-state index >= 15 is 0 Å². The molecule has 3 heteroatoms. The smallest absolute Gasteiger partial charge is 0.234 e. The normalized spacial score (nSPS) is 17.2. The lowest BCUT2D eigenvalue weighted by atomic mass is 9.93. The zero-order chi connectivity index (χ0) is 14.1. The number of methoxy groups -OCH3 is 1. The number of benzene rings is 2. The maximum Gasteiger partial charge on any atom is 0.234 e. The lowest BCUT2D eigenvalue weighted by Gasteiger charge is -2.11. The van der Waals surface area contributed by atoms with Crippen LogP contribution in [0.25, 0.3) is 0 Å². The maximum atomic E-state index is 12.4. The highest BCUT2D eigenvalue weighted by molar-refractivity contribution is 6.04. The van der Waals surface area contributed by atoms with Gasteiger partial charge in [0.25, 0.3) is 0 Å². The van der Waals surface area contributed by atoms with Crippen molar-refractivity contribution in [2.75, 3.05) is 19.1 Å². The summed E-state index contributed by atoms with van der Waals surface area (Å²) >= 11 is 0. The Kier molecular flexibility index (Phi) is 3.18. The Morgan fingerprint density at radius 3 is 2.50 bits per heavy atom. The second-order valence-corrected chi connectivity index (χ2v) is 5.06. The van der Waals surface area contributed by atoms with Crippen molar-refractivity contribution in [3.8, 4) is 5.75 Å². The van der Waals surface area contributed by atoms with Crippen molar-refractivity contribution in [3.63, 3.8) is 0 Å². The Bertz CT molecular complexity index is 634. The molecular weight excluding hydrogens is 250 g/mol. The van der Waals surface area contributed by atoms with Gasteiger partial charge in [0.15, 0.2) is 0 Å². The summed E-state index contributed by atoms with van der Waals surface area (Å²) in [6.07, 6.45) is 0.726. The molecule has 3 rings (SSSR count). The van der Waals surface area contributed by atoms with Crippen LogP contribution >= 0.6 is 0 Å². The van der Waals surface area contributed by atoms with Gasteiger partial charge in [-0.3, -0.25) is 4.79 Å². The number of para-hydroxylation sites is 1. The molecule has 0 aromatic heterocycles. The highest BCUT2D eigenvalue weighted by Gasteiger charge is 2.34. The summed E-state index contributed by atoms with van der Waals surface area (Å²) in [6, 6.07) is 15.9. The van der Waals surface area contributed by atoms with Crippen molar-refractivity contribution in [3.05, 3.63) is 59.7 Å². The quantitative estimate of drug-likeness (QED) is 0.855. The van der Waals surface area contributed by atoms with E-state index in [9.17, 15) is 4.79 Å². The van der Waals surface area contributed by atoms with Crippen LogP contribution in [0.1, 0.15) is 17.0 Å². The molecule has 2 aromatic rings. The summed E-state index contributed by atoms with van der Waals surface area (Å²) in [6.45, 7) is 0. The van der Waals surface area contributed by atoms with E-state index in [0.29, 0.717) is 0 Å². The zero-order valence-electron chi connectivity index (χ0n) is 11.7. The molecule has 0 bridgehead atoms. The third-order valence-electron chi connectivity index (χ3n) is 3.90. The predicted molar refractivity (Wildman–Crippen MR) is 79.3 cm³/mol. The summed E-state index contributed by atoms with van der Waals surface area (Å²) in [5, 5.41) is 0. The number of hydrogen-bond acceptors (Lipinski definition) is 2. The minimum absolute atomic E-state index is 0.0791. The number of anilines is 1. The summed E-state index contributed by atoms with van der Waals surface area (Å²) in [4.78, 5) is 14.1. The number of rotatable bonds is 3. The van der Waals surface area contributed by atoms with Crippen molar-refractivity contribution in [1.29, 1.82) is 0 Å². The number of amides is 1. The topological polar surface area (TPSA) is 29.5 Å². The molecule has 0 aliphatic carbocycles. The predicted octanol–water partition coefficient (Wildman–Crippen LogP) is 3.00. The standard InChI is InChI=1S/C17H17NO2/c1-18-16-6-4-3-5-14(16)15(17(18)19)11-12-7-9-13(20-2)10-8-12/h3-10,15H,11H2,1-2H3. The fourth-order valence-electron chi connectivity index (χ4n) is 2.77. The summed E-state index contributed by atoms with van der Waals surface area (Å²) in [7, 11) is 3.50. The Labute approximate surface area is 118 Å². The number of carbonyl (C=O) groups is 1. The van der Waals surface area contributed by atoms with Gasteiger partial charge in [-0.15, -0.1) is 0 Å². The van der Waals surface area contributed by atoms with Gasteiger partial charge in [-0.2, -0.15) is 0 Å². The van der Waals surface area contributed by atoms with E-state index in [2.05, 4.69) is 0 Å². The first kappa shape index (κ1) is 12.7. The van der Waals surface area contributed by atoms with E-state index < -0.39 is 0 Å². The molecule has 1 amide bonds. The summed E-state index contributed by atoms with van der Waals surface area (Å²) < 4.78 is 5.16. The van der Waals surface area contributed by atoms with E-state index in [4.69, 9.17) is 4.74 Å². The van der Waals surface area contributed by atoms with Gasteiger partial charge in [0.2, 0.25) is 5.91 Å². The van der Waals surface area contributed by atoms with E-state index in [-0.39, 0.29) is 11.8 Å². The molecule has 1 aliphatic rings. The second-order valence-electron chi connectivity index (χ2n) is 5.06. The van der Waals surface area contributed by atoms with E-state index in [1.807, 2.05) is 55.6 Å². The molecule has 0 radical (unpaired) electrons. The number of fused-ring (bicyclic) bond motifs is 1. The van der Waals surface area contributed by atoms with Crippen LogP contribution in [0.3, 0.4) is 0 Å². The number of hydrogen-bond donors (Lipinski definition) is 0. The van der Waals surface area contributed by atoms with Gasteiger partial charge >= 0.3 is 0 Å². The third kappa shape index (κ3) is 2.05. The van der Waals surface area contributed by atoms with Crippen molar-refractivity contribution in [2.24, 2.45) is 0 Å². The molecule has 0 saturated carbocycles. The van der Waals surface area contributed by atoms with Gasteiger partial charge in [-0.1, -0.05) is 30.3 Å². The van der Waals surface area contributed by atoms with Crippen molar-refractivity contribution >= 4 is 11.6 Å². The molecular formula is C17H17NO2. The van der Waals surface area contributed by atoms with Crippen molar-refractivity contribution in [2.45, 2.75) is 12.3 Å². The van der Waals surface area contributed by atoms with Gasteiger partial charge < -0.3 is 9.64 Å². The fourth-order valence-corrected chi connectivity index (χ4v) is 2.77. The largest absolute Gasteiger partial charge is 0.497 e. The number of carbonyl (C=O) groups excluding carboxylic acids is 1. The van der Waals surface area contributed by atoms with Crippen LogP contribution in [0.5, 0.6) is 5.75 Å². The molecule has 2 aromatic carbocycles. The average Bonchev–Trinajstić information content (AvgIpc) is 2.74. The lowest BCUT2D eigenvalue weighted by Crippen LogP contribution is -2.24. The highest BCUT2D eigenvalue weighted by Crippen LogP contribution is 2.38. The van der Waals surface area contributed by atoms with Gasteiger partial charge in [-0.25, -0.2) is 0 Å². The van der Waals surface area contributed by atoms with Crippen LogP contribution in [0, 0.1) is 0 Å². The minimum atomic E-state index is -0.0791. The first-order valence-corrected chi connectivity index (χ1v) is 6.70. The maximum absolute atomic E-state index is 12.4. The molecule has 20 heavy (non-hydrogen) atoms. The zero-order valence-corrected chi connectivity index (χ0v) is 11.7. The lowest BCUT2D eigenvalue weighted by molar-refractivity contribution is -0.119. The molecule has 0 spiro atoms. The van der Waals surface area contributed by atoms with Gasteiger partial charge in [0.05, 0.1) is 13.0 Å². The van der Waals surface area contributed by atoms with Crippen LogP contribution in [-0.4, -0.2) is 20.1 Å². The van der Waals surface area contributed by atoms with E-state index in [1.165, 1.54) is 0 Å². The van der Waals surface area contributed by atoms with Crippen LogP contribution in [-0.2, 0) is 11.2 Å². The Hall–Kier alpha value is -2.29. The SMILES string of the molecule is COc1ccc(CC2C(=O)N(C)c3ccccc32)cc1. The number of ether oxygens (including phenoxy) is 1. The van der Waals surface area contributed by atoms with Crippen LogP contribution < -0.4 is 9.64 Å². The summed E-state index contributed by atoms with van der Waals surface area (Å²) in [5.74, 6) is 0.927. The molecule has 1 aliphatic heterocycles. The second kappa shape index (κ2) is 5.00. The van der Waals surface area contributed by atoms with Gasteiger partial charge in [-0.05, 0) is 35.7 Å². The Morgan fingerprint density at radius 1 is 1.10 bits per heavy atom. The fraction of sp³-hybridized carbons (Fsp3) is 0.235. The molecule has 3 nitrogen and oxygen atoms in total. The average molecular weight is 267 g/mol. The third-order valence-corrected chi connectivity index (χ3v) is 3.90. The van der Waals surface area contributed by atoms with Crippen LogP contribution in [0.15, 0.2) is 48.5 Å². The van der Waals surface area contributed by atoms with E-state index in [0.717, 1.165) is 29.0 Å². The molecule has 0 N–H and O–H groups in total. The van der Waals surface area contributed by atoms with Gasteiger partial charge in [0, 0.05) is 12.7 Å². The van der Waals surface area contributed by atoms with Crippen molar-refractivity contribution < 1.29 is 9.53 Å². The molecule has 1 unspecified atom stereocenters. The monoisotopic (exact) mass is 267 g/mol. The van der Waals surface area contributed by atoms with Crippen molar-refractivity contribution in [1.82, 2.24) is 0 Å². The molecule has 0 fully saturated rings. The Morgan fingerprint density at radius 2 is 1.80 bits per heavy atom. The molecule has 1 atom stereocenters. The Balaban J connectivity index is 1.88. The van der Waals surface area contributed by atoms with Gasteiger partial charge in [0.1, 0.15) is 5.75 Å². The highest BCUT2D eigenvalue weighted by atomic mass is 16.5. The first-order chi connectivity index (χ1) is 9.70. The number of likely N-dealkylation sites (N-methyl/N-ethyl adjacent to an activating group) is 1. The van der Waals surface area contributed by atoms with E-state index in [1.54, 1.807) is 12.0 Å². The molecule has 102 valence electrons. The first-order valence-electron chi connectivity index (χ1n) is 6.70. The van der Waals surface area contributed by atoms with Crippen LogP contribution in [0.2, 0.25) is 0 Å². The molecule has 0 saturated heterocycles. The minimum Gasteiger partial charge on any atom is -0.497 e.